The Labute approximate surface area is 82.1 Å². The molecule has 1 amide bonds. The topological polar surface area (TPSA) is 110 Å². The Morgan fingerprint density at radius 3 is 2.86 bits per heavy atom. The van der Waals surface area contributed by atoms with Gasteiger partial charge in [-0.2, -0.15) is 0 Å². The molecular formula is C8H15N5O. The molecule has 0 aliphatic rings. The fourth-order valence-electron chi connectivity index (χ4n) is 1.11. The highest BCUT2D eigenvalue weighted by atomic mass is 16.1. The van der Waals surface area contributed by atoms with Crippen LogP contribution >= 0.6 is 0 Å². The van der Waals surface area contributed by atoms with E-state index in [4.69, 9.17) is 11.5 Å². The van der Waals surface area contributed by atoms with E-state index in [1.54, 1.807) is 0 Å². The molecule has 1 aromatic heterocycles. The van der Waals surface area contributed by atoms with Gasteiger partial charge in [0.2, 0.25) is 5.91 Å². The summed E-state index contributed by atoms with van der Waals surface area (Å²) in [5.74, 6) is 1.62. The Bertz CT molecular complexity index is 320. The third kappa shape index (κ3) is 2.96. The Morgan fingerprint density at radius 1 is 1.64 bits per heavy atom. The maximum atomic E-state index is 10.4. The summed E-state index contributed by atoms with van der Waals surface area (Å²) in [6.45, 7) is 2.46. The predicted octanol–water partition coefficient (Wildman–Crippen LogP) is -0.0223. The monoisotopic (exact) mass is 197 g/mol. The summed E-state index contributed by atoms with van der Waals surface area (Å²) in [4.78, 5) is 17.4. The minimum atomic E-state index is -0.294. The Morgan fingerprint density at radius 2 is 2.36 bits per heavy atom. The molecule has 0 aromatic carbocycles. The Balaban J connectivity index is 2.31. The number of H-pyrrole nitrogens is 1. The average Bonchev–Trinajstić information content (AvgIpc) is 2.39. The van der Waals surface area contributed by atoms with Crippen molar-refractivity contribution in [3.8, 4) is 0 Å². The van der Waals surface area contributed by atoms with Crippen LogP contribution in [0, 0.1) is 6.92 Å². The fraction of sp³-hybridized carbons (Fsp3) is 0.500. The molecule has 1 rings (SSSR count). The zero-order valence-corrected chi connectivity index (χ0v) is 8.13. The number of imidazole rings is 1. The molecule has 0 saturated carbocycles. The van der Waals surface area contributed by atoms with Gasteiger partial charge in [-0.3, -0.25) is 4.79 Å². The molecule has 6 heteroatoms. The highest BCUT2D eigenvalue weighted by molar-refractivity contribution is 5.73. The molecule has 0 fully saturated rings. The van der Waals surface area contributed by atoms with Crippen LogP contribution in [-0.2, 0) is 4.79 Å². The van der Waals surface area contributed by atoms with Gasteiger partial charge in [-0.15, -0.1) is 0 Å². The third-order valence-corrected chi connectivity index (χ3v) is 1.74. The third-order valence-electron chi connectivity index (χ3n) is 1.74. The summed E-state index contributed by atoms with van der Waals surface area (Å²) >= 11 is 0. The summed E-state index contributed by atoms with van der Waals surface area (Å²) in [5, 5.41) is 3.01. The van der Waals surface area contributed by atoms with Crippen LogP contribution in [0.5, 0.6) is 0 Å². The molecule has 6 N–H and O–H groups in total. The molecule has 14 heavy (non-hydrogen) atoms. The highest BCUT2D eigenvalue weighted by Gasteiger charge is 2.03. The van der Waals surface area contributed by atoms with E-state index in [0.29, 0.717) is 31.0 Å². The van der Waals surface area contributed by atoms with Crippen molar-refractivity contribution in [2.75, 3.05) is 17.6 Å². The first-order valence-corrected chi connectivity index (χ1v) is 4.44. The number of nitrogens with zero attached hydrogens (tertiary/aromatic N) is 1. The average molecular weight is 197 g/mol. The lowest BCUT2D eigenvalue weighted by Gasteiger charge is -2.01. The zero-order chi connectivity index (χ0) is 10.6. The Kier molecular flexibility index (Phi) is 3.33. The van der Waals surface area contributed by atoms with Crippen LogP contribution in [0.15, 0.2) is 0 Å². The number of carbonyl (C=O) groups is 1. The first-order valence-electron chi connectivity index (χ1n) is 4.44. The van der Waals surface area contributed by atoms with Crippen molar-refractivity contribution in [1.82, 2.24) is 9.97 Å². The molecule has 0 saturated heterocycles. The van der Waals surface area contributed by atoms with E-state index in [2.05, 4.69) is 15.3 Å². The van der Waals surface area contributed by atoms with E-state index in [1.165, 1.54) is 0 Å². The number of primary amides is 1. The van der Waals surface area contributed by atoms with Gasteiger partial charge in [0.1, 0.15) is 11.6 Å². The summed E-state index contributed by atoms with van der Waals surface area (Å²) < 4.78 is 0. The van der Waals surface area contributed by atoms with Crippen molar-refractivity contribution in [3.63, 3.8) is 0 Å². The molecule has 1 heterocycles. The largest absolute Gasteiger partial charge is 0.382 e. The van der Waals surface area contributed by atoms with E-state index in [9.17, 15) is 4.79 Å². The molecule has 0 aliphatic heterocycles. The van der Waals surface area contributed by atoms with Crippen LogP contribution < -0.4 is 16.8 Å². The van der Waals surface area contributed by atoms with Gasteiger partial charge in [-0.05, 0) is 13.3 Å². The lowest BCUT2D eigenvalue weighted by molar-refractivity contribution is -0.118. The van der Waals surface area contributed by atoms with Crippen molar-refractivity contribution in [3.05, 3.63) is 5.82 Å². The van der Waals surface area contributed by atoms with Gasteiger partial charge >= 0.3 is 0 Å². The molecule has 0 unspecified atom stereocenters. The van der Waals surface area contributed by atoms with Crippen LogP contribution in [0.1, 0.15) is 18.7 Å². The molecule has 0 spiro atoms. The van der Waals surface area contributed by atoms with Crippen LogP contribution in [-0.4, -0.2) is 22.4 Å². The predicted molar refractivity (Wildman–Crippen MR) is 54.7 cm³/mol. The van der Waals surface area contributed by atoms with Crippen molar-refractivity contribution >= 4 is 17.5 Å². The molecular weight excluding hydrogens is 182 g/mol. The van der Waals surface area contributed by atoms with Crippen molar-refractivity contribution in [1.29, 1.82) is 0 Å². The van der Waals surface area contributed by atoms with Crippen LogP contribution in [0.4, 0.5) is 11.6 Å². The lowest BCUT2D eigenvalue weighted by atomic mass is 10.3. The van der Waals surface area contributed by atoms with Gasteiger partial charge in [-0.1, -0.05) is 0 Å². The molecule has 0 atom stereocenters. The summed E-state index contributed by atoms with van der Waals surface area (Å²) in [5.41, 5.74) is 10.6. The smallest absolute Gasteiger partial charge is 0.217 e. The summed E-state index contributed by atoms with van der Waals surface area (Å²) in [6.07, 6.45) is 1.05. The van der Waals surface area contributed by atoms with Gasteiger partial charge in [0, 0.05) is 13.0 Å². The van der Waals surface area contributed by atoms with Gasteiger partial charge < -0.3 is 21.8 Å². The minimum Gasteiger partial charge on any atom is -0.382 e. The number of anilines is 2. The molecule has 1 aromatic rings. The number of nitrogens with one attached hydrogen (secondary N) is 2. The second kappa shape index (κ2) is 4.50. The van der Waals surface area contributed by atoms with Crippen molar-refractivity contribution in [2.24, 2.45) is 5.73 Å². The highest BCUT2D eigenvalue weighted by Crippen LogP contribution is 2.13. The number of nitrogen functional groups attached to an aromatic ring is 1. The van der Waals surface area contributed by atoms with Crippen molar-refractivity contribution in [2.45, 2.75) is 19.8 Å². The minimum absolute atomic E-state index is 0.294. The van der Waals surface area contributed by atoms with Crippen LogP contribution in [0.25, 0.3) is 0 Å². The van der Waals surface area contributed by atoms with E-state index in [-0.39, 0.29) is 5.91 Å². The number of aromatic nitrogens is 2. The van der Waals surface area contributed by atoms with E-state index in [0.717, 1.165) is 5.82 Å². The van der Waals surface area contributed by atoms with Gasteiger partial charge in [0.25, 0.3) is 0 Å². The lowest BCUT2D eigenvalue weighted by Crippen LogP contribution is -2.13. The first kappa shape index (κ1) is 10.4. The van der Waals surface area contributed by atoms with Crippen LogP contribution in [0.3, 0.4) is 0 Å². The maximum Gasteiger partial charge on any atom is 0.217 e. The quantitative estimate of drug-likeness (QED) is 0.497. The molecule has 6 nitrogen and oxygen atoms in total. The maximum absolute atomic E-state index is 10.4. The normalized spacial score (nSPS) is 10.1. The van der Waals surface area contributed by atoms with Crippen LogP contribution in [0.2, 0.25) is 0 Å². The summed E-state index contributed by atoms with van der Waals surface area (Å²) in [7, 11) is 0. The number of hydrogen-bond donors (Lipinski definition) is 4. The molecule has 78 valence electrons. The number of aryl methyl sites for hydroxylation is 1. The van der Waals surface area contributed by atoms with E-state index < -0.39 is 0 Å². The molecule has 0 bridgehead atoms. The molecule has 0 radical (unpaired) electrons. The van der Waals surface area contributed by atoms with E-state index in [1.807, 2.05) is 6.92 Å². The SMILES string of the molecule is Cc1nc(NCCCC(N)=O)c(N)[nH]1. The number of carbonyl (C=O) groups excluding carboxylic acids is 1. The van der Waals surface area contributed by atoms with Gasteiger partial charge in [0.15, 0.2) is 5.82 Å². The standard InChI is InChI=1S/C8H15N5O/c1-5-12-7(10)8(13-5)11-4-2-3-6(9)14/h11H,2-4,10H2,1H3,(H2,9,14)(H,12,13). The molecule has 0 aliphatic carbocycles. The number of hydrogen-bond acceptors (Lipinski definition) is 4. The van der Waals surface area contributed by atoms with E-state index >= 15 is 0 Å². The first-order chi connectivity index (χ1) is 6.59. The second-order valence-electron chi connectivity index (χ2n) is 3.08. The van der Waals surface area contributed by atoms with Gasteiger partial charge in [-0.25, -0.2) is 4.98 Å². The second-order valence-corrected chi connectivity index (χ2v) is 3.08. The number of amides is 1. The van der Waals surface area contributed by atoms with Gasteiger partial charge in [0.05, 0.1) is 0 Å². The van der Waals surface area contributed by atoms with Crippen molar-refractivity contribution < 1.29 is 4.79 Å². The Hall–Kier alpha value is -1.72. The number of rotatable bonds is 5. The fourth-order valence-corrected chi connectivity index (χ4v) is 1.11. The zero-order valence-electron chi connectivity index (χ0n) is 8.13. The number of aromatic amines is 1. The number of nitrogens with two attached hydrogens (primary N) is 2. The summed E-state index contributed by atoms with van der Waals surface area (Å²) in [6, 6.07) is 0.